The number of benzene rings is 1. The number of carboxylic acid groups (broad SMARTS) is 1. The van der Waals surface area contributed by atoms with Crippen molar-refractivity contribution in [1.82, 2.24) is 5.32 Å². The molecule has 6 heteroatoms. The molecule has 2 N–H and O–H groups in total. The lowest BCUT2D eigenvalue weighted by Crippen LogP contribution is -2.38. The molecule has 2 atom stereocenters. The van der Waals surface area contributed by atoms with Crippen LogP contribution in [-0.2, 0) is 16.1 Å². The van der Waals surface area contributed by atoms with Gasteiger partial charge in [0.2, 0.25) is 5.91 Å². The predicted molar refractivity (Wildman–Crippen MR) is 84.4 cm³/mol. The van der Waals surface area contributed by atoms with E-state index in [1.54, 1.807) is 26.4 Å². The molecule has 1 aromatic carbocycles. The number of rotatable bonds is 6. The van der Waals surface area contributed by atoms with Crippen molar-refractivity contribution in [2.75, 3.05) is 14.2 Å². The first kappa shape index (κ1) is 16.9. The minimum atomic E-state index is -0.930. The summed E-state index contributed by atoms with van der Waals surface area (Å²) in [5.41, 5.74) is 0.856. The van der Waals surface area contributed by atoms with E-state index in [2.05, 4.69) is 5.32 Å². The topological polar surface area (TPSA) is 84.9 Å². The number of nitrogens with one attached hydrogen (secondary N) is 1. The van der Waals surface area contributed by atoms with Gasteiger partial charge in [-0.3, -0.25) is 9.59 Å². The molecule has 6 nitrogen and oxygen atoms in total. The summed E-state index contributed by atoms with van der Waals surface area (Å²) in [4.78, 5) is 23.6. The summed E-state index contributed by atoms with van der Waals surface area (Å²) in [5, 5.41) is 12.0. The van der Waals surface area contributed by atoms with Gasteiger partial charge in [0.1, 0.15) is 0 Å². The lowest BCUT2D eigenvalue weighted by molar-refractivity contribution is -0.147. The van der Waals surface area contributed by atoms with Crippen molar-refractivity contribution in [2.45, 2.75) is 19.4 Å². The molecule has 1 aliphatic carbocycles. The monoisotopic (exact) mass is 319 g/mol. The zero-order chi connectivity index (χ0) is 16.8. The Morgan fingerprint density at radius 3 is 2.39 bits per heavy atom. The van der Waals surface area contributed by atoms with Gasteiger partial charge in [-0.25, -0.2) is 0 Å². The highest BCUT2D eigenvalue weighted by atomic mass is 16.5. The number of methoxy groups -OCH3 is 2. The Kier molecular flexibility index (Phi) is 5.62. The first-order chi connectivity index (χ1) is 11.1. The Morgan fingerprint density at radius 1 is 1.13 bits per heavy atom. The van der Waals surface area contributed by atoms with Crippen LogP contribution in [0.15, 0.2) is 30.4 Å². The highest BCUT2D eigenvalue weighted by Crippen LogP contribution is 2.28. The Balaban J connectivity index is 2.01. The van der Waals surface area contributed by atoms with Crippen molar-refractivity contribution in [3.63, 3.8) is 0 Å². The lowest BCUT2D eigenvalue weighted by Gasteiger charge is -2.24. The van der Waals surface area contributed by atoms with E-state index in [0.717, 1.165) is 5.56 Å². The summed E-state index contributed by atoms with van der Waals surface area (Å²) in [6.45, 7) is 0.311. The van der Waals surface area contributed by atoms with Crippen molar-refractivity contribution < 1.29 is 24.2 Å². The number of amides is 1. The average Bonchev–Trinajstić information content (AvgIpc) is 2.59. The Labute approximate surface area is 135 Å². The van der Waals surface area contributed by atoms with Gasteiger partial charge in [0.25, 0.3) is 0 Å². The minimum Gasteiger partial charge on any atom is -0.493 e. The summed E-state index contributed by atoms with van der Waals surface area (Å²) in [5.74, 6) is -1.16. The normalized spacial score (nSPS) is 19.9. The molecule has 0 aliphatic heterocycles. The summed E-state index contributed by atoms with van der Waals surface area (Å²) in [6.07, 6.45) is 4.52. The van der Waals surface area contributed by atoms with Crippen LogP contribution in [0.3, 0.4) is 0 Å². The fraction of sp³-hybridized carbons (Fsp3) is 0.412. The van der Waals surface area contributed by atoms with Crippen LogP contribution in [0.5, 0.6) is 11.5 Å². The van der Waals surface area contributed by atoms with Gasteiger partial charge in [-0.15, -0.1) is 0 Å². The maximum absolute atomic E-state index is 12.3. The van der Waals surface area contributed by atoms with Crippen molar-refractivity contribution in [2.24, 2.45) is 11.8 Å². The van der Waals surface area contributed by atoms with Crippen molar-refractivity contribution >= 4 is 11.9 Å². The van der Waals surface area contributed by atoms with E-state index in [1.165, 1.54) is 0 Å². The molecule has 23 heavy (non-hydrogen) atoms. The van der Waals surface area contributed by atoms with Gasteiger partial charge in [0, 0.05) is 6.54 Å². The smallest absolute Gasteiger partial charge is 0.307 e. The zero-order valence-electron chi connectivity index (χ0n) is 13.2. The molecule has 0 saturated carbocycles. The van der Waals surface area contributed by atoms with Crippen LogP contribution >= 0.6 is 0 Å². The molecule has 0 aromatic heterocycles. The molecule has 1 aromatic rings. The van der Waals surface area contributed by atoms with Crippen LogP contribution in [0.4, 0.5) is 0 Å². The minimum absolute atomic E-state index is 0.239. The van der Waals surface area contributed by atoms with E-state index in [9.17, 15) is 14.7 Å². The van der Waals surface area contributed by atoms with Crippen LogP contribution < -0.4 is 14.8 Å². The molecule has 124 valence electrons. The second kappa shape index (κ2) is 7.67. The SMILES string of the molecule is COc1ccc(CNC(=O)[C@H]2CC=CC[C@H]2C(=O)O)cc1OC. The molecule has 2 rings (SSSR count). The van der Waals surface area contributed by atoms with E-state index in [4.69, 9.17) is 9.47 Å². The lowest BCUT2D eigenvalue weighted by atomic mass is 9.82. The highest BCUT2D eigenvalue weighted by Gasteiger charge is 2.33. The summed E-state index contributed by atoms with van der Waals surface area (Å²) >= 11 is 0. The van der Waals surface area contributed by atoms with Crippen LogP contribution in [0.2, 0.25) is 0 Å². The third-order valence-corrected chi connectivity index (χ3v) is 4.00. The largest absolute Gasteiger partial charge is 0.493 e. The van der Waals surface area contributed by atoms with Gasteiger partial charge in [-0.1, -0.05) is 18.2 Å². The third kappa shape index (κ3) is 4.03. The van der Waals surface area contributed by atoms with E-state index in [1.807, 2.05) is 18.2 Å². The first-order valence-corrected chi connectivity index (χ1v) is 7.43. The third-order valence-electron chi connectivity index (χ3n) is 4.00. The standard InChI is InChI=1S/C17H21NO5/c1-22-14-8-7-11(9-15(14)23-2)10-18-16(19)12-5-3-4-6-13(12)17(20)21/h3-4,7-9,12-13H,5-6,10H2,1-2H3,(H,18,19)(H,20,21)/t12-,13+/m0/s1. The van der Waals surface area contributed by atoms with Crippen LogP contribution in [-0.4, -0.2) is 31.2 Å². The highest BCUT2D eigenvalue weighted by molar-refractivity contribution is 5.85. The van der Waals surface area contributed by atoms with E-state index in [-0.39, 0.29) is 5.91 Å². The van der Waals surface area contributed by atoms with Crippen molar-refractivity contribution in [3.05, 3.63) is 35.9 Å². The number of hydrogen-bond acceptors (Lipinski definition) is 4. The van der Waals surface area contributed by atoms with Crippen LogP contribution in [0.25, 0.3) is 0 Å². The molecule has 1 aliphatic rings. The number of ether oxygens (including phenoxy) is 2. The number of allylic oxidation sites excluding steroid dienone is 2. The Bertz CT molecular complexity index is 611. The quantitative estimate of drug-likeness (QED) is 0.783. The first-order valence-electron chi connectivity index (χ1n) is 7.43. The van der Waals surface area contributed by atoms with Crippen molar-refractivity contribution in [1.29, 1.82) is 0 Å². The number of carbonyl (C=O) groups is 2. The fourth-order valence-corrected chi connectivity index (χ4v) is 2.69. The molecule has 0 heterocycles. The van der Waals surface area contributed by atoms with E-state index >= 15 is 0 Å². The molecule has 0 fully saturated rings. The molecule has 0 bridgehead atoms. The molecule has 0 spiro atoms. The fourth-order valence-electron chi connectivity index (χ4n) is 2.69. The Hall–Kier alpha value is -2.50. The number of aliphatic carboxylic acids is 1. The van der Waals surface area contributed by atoms with Gasteiger partial charge >= 0.3 is 5.97 Å². The molecule has 0 radical (unpaired) electrons. The molecule has 1 amide bonds. The molecular weight excluding hydrogens is 298 g/mol. The van der Waals surface area contributed by atoms with E-state index < -0.39 is 17.8 Å². The molecular formula is C17H21NO5. The van der Waals surface area contributed by atoms with Crippen LogP contribution in [0.1, 0.15) is 18.4 Å². The van der Waals surface area contributed by atoms with Gasteiger partial charge < -0.3 is 19.9 Å². The number of carboxylic acids is 1. The zero-order valence-corrected chi connectivity index (χ0v) is 13.2. The second-order valence-corrected chi connectivity index (χ2v) is 5.40. The maximum atomic E-state index is 12.3. The van der Waals surface area contributed by atoms with Crippen LogP contribution in [0, 0.1) is 11.8 Å². The maximum Gasteiger partial charge on any atom is 0.307 e. The Morgan fingerprint density at radius 2 is 1.78 bits per heavy atom. The van der Waals surface area contributed by atoms with Crippen molar-refractivity contribution in [3.8, 4) is 11.5 Å². The van der Waals surface area contributed by atoms with Gasteiger partial charge in [0.15, 0.2) is 11.5 Å². The molecule has 0 unspecified atom stereocenters. The molecule has 0 saturated heterocycles. The van der Waals surface area contributed by atoms with Gasteiger partial charge in [-0.05, 0) is 30.5 Å². The predicted octanol–water partition coefficient (Wildman–Crippen LogP) is 1.99. The van der Waals surface area contributed by atoms with Gasteiger partial charge in [0.05, 0.1) is 26.1 Å². The number of hydrogen-bond donors (Lipinski definition) is 2. The van der Waals surface area contributed by atoms with E-state index in [0.29, 0.717) is 30.9 Å². The average molecular weight is 319 g/mol. The summed E-state index contributed by atoms with van der Waals surface area (Å²) in [6, 6.07) is 5.38. The summed E-state index contributed by atoms with van der Waals surface area (Å²) in [7, 11) is 3.11. The number of carbonyl (C=O) groups excluding carboxylic acids is 1. The second-order valence-electron chi connectivity index (χ2n) is 5.40. The summed E-state index contributed by atoms with van der Waals surface area (Å²) < 4.78 is 10.4. The van der Waals surface area contributed by atoms with Gasteiger partial charge in [-0.2, -0.15) is 0 Å².